The standard InChI is InChI=1S/C13H21N3O3/c1-3-11-14-13(19-15-11)10-7-5-6-8-16(10)12(17)9-18-4-2/h10H,3-9H2,1-2H3/t10-/m0/s1. The number of amides is 1. The molecule has 1 atom stereocenters. The third kappa shape index (κ3) is 3.32. The summed E-state index contributed by atoms with van der Waals surface area (Å²) in [5.41, 5.74) is 0. The smallest absolute Gasteiger partial charge is 0.249 e. The third-order valence-electron chi connectivity index (χ3n) is 3.34. The number of hydrogen-bond donors (Lipinski definition) is 0. The molecule has 1 saturated heterocycles. The van der Waals surface area contributed by atoms with Crippen LogP contribution in [0.15, 0.2) is 4.52 Å². The Morgan fingerprint density at radius 3 is 3.00 bits per heavy atom. The highest BCUT2D eigenvalue weighted by Crippen LogP contribution is 2.29. The maximum Gasteiger partial charge on any atom is 0.249 e. The molecule has 0 unspecified atom stereocenters. The first-order valence-corrected chi connectivity index (χ1v) is 6.96. The molecule has 2 rings (SSSR count). The van der Waals surface area contributed by atoms with E-state index in [0.29, 0.717) is 18.3 Å². The fraction of sp³-hybridized carbons (Fsp3) is 0.769. The minimum atomic E-state index is -0.0884. The first-order chi connectivity index (χ1) is 9.26. The van der Waals surface area contributed by atoms with Gasteiger partial charge in [-0.1, -0.05) is 12.1 Å². The van der Waals surface area contributed by atoms with Crippen molar-refractivity contribution in [3.63, 3.8) is 0 Å². The summed E-state index contributed by atoms with van der Waals surface area (Å²) in [4.78, 5) is 18.3. The van der Waals surface area contributed by atoms with Gasteiger partial charge in [-0.25, -0.2) is 0 Å². The number of piperidine rings is 1. The van der Waals surface area contributed by atoms with Crippen molar-refractivity contribution < 1.29 is 14.1 Å². The molecule has 6 nitrogen and oxygen atoms in total. The van der Waals surface area contributed by atoms with Gasteiger partial charge in [0.1, 0.15) is 12.6 Å². The van der Waals surface area contributed by atoms with Crippen molar-refractivity contribution in [2.75, 3.05) is 19.8 Å². The SMILES string of the molecule is CCOCC(=O)N1CCCC[C@H]1c1nc(CC)no1. The number of carbonyl (C=O) groups excluding carboxylic acids is 1. The van der Waals surface area contributed by atoms with Gasteiger partial charge in [-0.15, -0.1) is 0 Å². The maximum absolute atomic E-state index is 12.1. The highest BCUT2D eigenvalue weighted by atomic mass is 16.5. The summed E-state index contributed by atoms with van der Waals surface area (Å²) in [5.74, 6) is 1.25. The zero-order valence-corrected chi connectivity index (χ0v) is 11.6. The molecular weight excluding hydrogens is 246 g/mol. The van der Waals surface area contributed by atoms with E-state index in [4.69, 9.17) is 9.26 Å². The Bertz CT molecular complexity index is 419. The summed E-state index contributed by atoms with van der Waals surface area (Å²) in [7, 11) is 0. The van der Waals surface area contributed by atoms with E-state index >= 15 is 0 Å². The summed E-state index contributed by atoms with van der Waals surface area (Å²) in [6, 6.07) is -0.0884. The van der Waals surface area contributed by atoms with E-state index in [1.165, 1.54) is 0 Å². The van der Waals surface area contributed by atoms with E-state index in [1.807, 2.05) is 18.7 Å². The first-order valence-electron chi connectivity index (χ1n) is 6.96. The lowest BCUT2D eigenvalue weighted by molar-refractivity contribution is -0.140. The third-order valence-corrected chi connectivity index (χ3v) is 3.34. The highest BCUT2D eigenvalue weighted by Gasteiger charge is 2.31. The van der Waals surface area contributed by atoms with Gasteiger partial charge in [0.2, 0.25) is 11.8 Å². The van der Waals surface area contributed by atoms with Crippen LogP contribution >= 0.6 is 0 Å². The molecule has 1 fully saturated rings. The topological polar surface area (TPSA) is 68.5 Å². The Balaban J connectivity index is 2.08. The van der Waals surface area contributed by atoms with Gasteiger partial charge in [-0.3, -0.25) is 4.79 Å². The number of likely N-dealkylation sites (tertiary alicyclic amines) is 1. The predicted molar refractivity (Wildman–Crippen MR) is 68.5 cm³/mol. The number of ether oxygens (including phenoxy) is 1. The Morgan fingerprint density at radius 1 is 1.47 bits per heavy atom. The quantitative estimate of drug-likeness (QED) is 0.812. The van der Waals surface area contributed by atoms with Gasteiger partial charge in [0.25, 0.3) is 0 Å². The van der Waals surface area contributed by atoms with Crippen LogP contribution in [0, 0.1) is 0 Å². The molecule has 1 aliphatic heterocycles. The number of hydrogen-bond acceptors (Lipinski definition) is 5. The van der Waals surface area contributed by atoms with Crippen LogP contribution in [0.5, 0.6) is 0 Å². The van der Waals surface area contributed by atoms with Crippen LogP contribution in [0.3, 0.4) is 0 Å². The van der Waals surface area contributed by atoms with Crippen molar-refractivity contribution in [2.45, 2.75) is 45.6 Å². The maximum atomic E-state index is 12.1. The molecule has 6 heteroatoms. The second-order valence-corrected chi connectivity index (χ2v) is 4.64. The fourth-order valence-corrected chi connectivity index (χ4v) is 2.31. The van der Waals surface area contributed by atoms with Crippen LogP contribution in [-0.4, -0.2) is 40.7 Å². The average Bonchev–Trinajstić information content (AvgIpc) is 2.93. The molecule has 106 valence electrons. The number of aromatic nitrogens is 2. The van der Waals surface area contributed by atoms with Gasteiger partial charge in [-0.2, -0.15) is 4.98 Å². The Kier molecular flexibility index (Phi) is 4.90. The molecule has 2 heterocycles. The molecule has 1 aromatic rings. The first kappa shape index (κ1) is 14.0. The van der Waals surface area contributed by atoms with Crippen molar-refractivity contribution in [3.8, 4) is 0 Å². The molecule has 0 saturated carbocycles. The molecule has 0 N–H and O–H groups in total. The van der Waals surface area contributed by atoms with E-state index in [0.717, 1.165) is 32.2 Å². The van der Waals surface area contributed by atoms with Crippen molar-refractivity contribution in [1.82, 2.24) is 15.0 Å². The second-order valence-electron chi connectivity index (χ2n) is 4.64. The minimum Gasteiger partial charge on any atom is -0.372 e. The lowest BCUT2D eigenvalue weighted by atomic mass is 10.0. The van der Waals surface area contributed by atoms with Gasteiger partial charge < -0.3 is 14.2 Å². The van der Waals surface area contributed by atoms with Crippen LogP contribution in [0.2, 0.25) is 0 Å². The number of aryl methyl sites for hydroxylation is 1. The zero-order chi connectivity index (χ0) is 13.7. The molecule has 0 bridgehead atoms. The summed E-state index contributed by atoms with van der Waals surface area (Å²) >= 11 is 0. The minimum absolute atomic E-state index is 0.00259. The molecule has 19 heavy (non-hydrogen) atoms. The van der Waals surface area contributed by atoms with Crippen molar-refractivity contribution in [1.29, 1.82) is 0 Å². The van der Waals surface area contributed by atoms with E-state index in [9.17, 15) is 4.79 Å². The van der Waals surface area contributed by atoms with Crippen LogP contribution in [-0.2, 0) is 16.0 Å². The molecule has 0 spiro atoms. The van der Waals surface area contributed by atoms with E-state index in [2.05, 4.69) is 10.1 Å². The van der Waals surface area contributed by atoms with Crippen LogP contribution < -0.4 is 0 Å². The Hall–Kier alpha value is -1.43. The fourth-order valence-electron chi connectivity index (χ4n) is 2.31. The zero-order valence-electron chi connectivity index (χ0n) is 11.6. The van der Waals surface area contributed by atoms with Gasteiger partial charge >= 0.3 is 0 Å². The summed E-state index contributed by atoms with van der Waals surface area (Å²) in [6.45, 7) is 5.27. The monoisotopic (exact) mass is 267 g/mol. The van der Waals surface area contributed by atoms with Gasteiger partial charge in [0.15, 0.2) is 5.82 Å². The van der Waals surface area contributed by atoms with Crippen molar-refractivity contribution >= 4 is 5.91 Å². The Morgan fingerprint density at radius 2 is 2.32 bits per heavy atom. The van der Waals surface area contributed by atoms with Crippen LogP contribution in [0.25, 0.3) is 0 Å². The van der Waals surface area contributed by atoms with Crippen molar-refractivity contribution in [3.05, 3.63) is 11.7 Å². The van der Waals surface area contributed by atoms with E-state index < -0.39 is 0 Å². The lowest BCUT2D eigenvalue weighted by Crippen LogP contribution is -2.40. The molecule has 1 aromatic heterocycles. The number of carbonyl (C=O) groups is 1. The molecule has 0 radical (unpaired) electrons. The number of nitrogens with zero attached hydrogens (tertiary/aromatic N) is 3. The summed E-state index contributed by atoms with van der Waals surface area (Å²) < 4.78 is 10.5. The van der Waals surface area contributed by atoms with Gasteiger partial charge in [-0.05, 0) is 26.2 Å². The van der Waals surface area contributed by atoms with Gasteiger partial charge in [0.05, 0.1) is 0 Å². The normalized spacial score (nSPS) is 19.7. The predicted octanol–water partition coefficient (Wildman–Crippen LogP) is 1.72. The van der Waals surface area contributed by atoms with Crippen LogP contribution in [0.1, 0.15) is 50.9 Å². The second kappa shape index (κ2) is 6.65. The summed E-state index contributed by atoms with van der Waals surface area (Å²) in [6.07, 6.45) is 3.71. The van der Waals surface area contributed by atoms with Crippen molar-refractivity contribution in [2.24, 2.45) is 0 Å². The van der Waals surface area contributed by atoms with Crippen LogP contribution in [0.4, 0.5) is 0 Å². The Labute approximate surface area is 113 Å². The lowest BCUT2D eigenvalue weighted by Gasteiger charge is -2.33. The van der Waals surface area contributed by atoms with E-state index in [-0.39, 0.29) is 18.6 Å². The highest BCUT2D eigenvalue weighted by molar-refractivity contribution is 5.78. The molecule has 0 aliphatic carbocycles. The largest absolute Gasteiger partial charge is 0.372 e. The molecular formula is C13H21N3O3. The molecule has 1 amide bonds. The average molecular weight is 267 g/mol. The van der Waals surface area contributed by atoms with E-state index in [1.54, 1.807) is 0 Å². The molecule has 1 aliphatic rings. The molecule has 0 aromatic carbocycles. The van der Waals surface area contributed by atoms with Gasteiger partial charge in [0, 0.05) is 19.6 Å². The number of rotatable bonds is 5. The summed E-state index contributed by atoms with van der Waals surface area (Å²) in [5, 5.41) is 3.91.